The fraction of sp³-hybridized carbons (Fsp3) is 1.00. The molecule has 8 bridgehead atoms. The molecule has 7 aliphatic heterocycles. The molecular formula is C33H68N4. The van der Waals surface area contributed by atoms with Crippen LogP contribution >= 0.6 is 0 Å². The standard InChI is InChI=1S/2C8H15N.2C7H13N.3CH4/c1-9-6-7-2-4-8(9)5-3-7;1-9-7-3-2-4-8(9)6-5-7;1-8-5-6-2-3-7(8)4-6;1-8-6-2-3-7(8)5-4-6;;;/h2*7-8H,2-6H2,1H3;2*6-7H,2-5H2,1H3;3*1H4. The minimum Gasteiger partial charge on any atom is -0.303 e. The van der Waals surface area contributed by atoms with Crippen LogP contribution in [-0.4, -0.2) is 97.1 Å². The van der Waals surface area contributed by atoms with E-state index in [4.69, 9.17) is 0 Å². The Morgan fingerprint density at radius 1 is 0.378 bits per heavy atom. The second-order valence-corrected chi connectivity index (χ2v) is 13.5. The van der Waals surface area contributed by atoms with Crippen LogP contribution in [0.15, 0.2) is 0 Å². The Kier molecular flexibility index (Phi) is 13.4. The predicted molar refractivity (Wildman–Crippen MR) is 165 cm³/mol. The Balaban J connectivity index is 0.000000169. The van der Waals surface area contributed by atoms with Gasteiger partial charge < -0.3 is 19.6 Å². The zero-order chi connectivity index (χ0) is 23.7. The molecule has 2 aliphatic carbocycles. The van der Waals surface area contributed by atoms with Gasteiger partial charge >= 0.3 is 0 Å². The van der Waals surface area contributed by atoms with Gasteiger partial charge in [-0.1, -0.05) is 28.7 Å². The predicted octanol–water partition coefficient (Wildman–Crippen LogP) is 7.38. The van der Waals surface area contributed by atoms with Crippen molar-refractivity contribution in [2.24, 2.45) is 11.8 Å². The molecule has 0 aromatic carbocycles. The van der Waals surface area contributed by atoms with Crippen LogP contribution < -0.4 is 0 Å². The first-order valence-electron chi connectivity index (χ1n) is 15.3. The molecule has 220 valence electrons. The van der Waals surface area contributed by atoms with Gasteiger partial charge in [0.2, 0.25) is 0 Å². The molecule has 4 atom stereocenters. The van der Waals surface area contributed by atoms with Gasteiger partial charge in [0.25, 0.3) is 0 Å². The van der Waals surface area contributed by atoms with Crippen LogP contribution in [0, 0.1) is 11.8 Å². The van der Waals surface area contributed by atoms with E-state index in [1.165, 1.54) is 116 Å². The number of hydrogen-bond acceptors (Lipinski definition) is 4. The second-order valence-electron chi connectivity index (χ2n) is 13.5. The minimum atomic E-state index is 0. The van der Waals surface area contributed by atoms with E-state index in [2.05, 4.69) is 47.8 Å². The lowest BCUT2D eigenvalue weighted by atomic mass is 9.80. The average molecular weight is 521 g/mol. The zero-order valence-corrected chi connectivity index (χ0v) is 23.1. The van der Waals surface area contributed by atoms with Crippen molar-refractivity contribution in [1.82, 2.24) is 19.6 Å². The summed E-state index contributed by atoms with van der Waals surface area (Å²) >= 11 is 0. The van der Waals surface area contributed by atoms with E-state index >= 15 is 0 Å². The van der Waals surface area contributed by atoms with Gasteiger partial charge in [0, 0.05) is 49.3 Å². The van der Waals surface area contributed by atoms with Gasteiger partial charge in [0.1, 0.15) is 0 Å². The molecule has 0 aromatic heterocycles. The summed E-state index contributed by atoms with van der Waals surface area (Å²) in [4.78, 5) is 10.2. The zero-order valence-electron chi connectivity index (χ0n) is 23.1. The van der Waals surface area contributed by atoms with Gasteiger partial charge in [-0.2, -0.15) is 0 Å². The van der Waals surface area contributed by atoms with E-state index in [9.17, 15) is 0 Å². The number of hydrogen-bond donors (Lipinski definition) is 0. The highest BCUT2D eigenvalue weighted by atomic mass is 15.2. The van der Waals surface area contributed by atoms with E-state index in [-0.39, 0.29) is 22.3 Å². The summed E-state index contributed by atoms with van der Waals surface area (Å²) in [7, 11) is 9.09. The van der Waals surface area contributed by atoms with Crippen molar-refractivity contribution < 1.29 is 0 Å². The van der Waals surface area contributed by atoms with Crippen LogP contribution in [-0.2, 0) is 0 Å². The van der Waals surface area contributed by atoms with Gasteiger partial charge in [-0.25, -0.2) is 0 Å². The molecule has 0 N–H and O–H groups in total. The van der Waals surface area contributed by atoms with Crippen LogP contribution in [0.4, 0.5) is 0 Å². The summed E-state index contributed by atoms with van der Waals surface area (Å²) in [5, 5.41) is 0. The van der Waals surface area contributed by atoms with Crippen molar-refractivity contribution in [3.8, 4) is 0 Å². The highest BCUT2D eigenvalue weighted by Crippen LogP contribution is 2.37. The van der Waals surface area contributed by atoms with Gasteiger partial charge in [0.15, 0.2) is 0 Å². The Labute approximate surface area is 233 Å². The third-order valence-corrected chi connectivity index (χ3v) is 11.5. The van der Waals surface area contributed by atoms with E-state index in [1.54, 1.807) is 0 Å². The maximum atomic E-state index is 2.59. The summed E-state index contributed by atoms with van der Waals surface area (Å²) in [5.74, 6) is 2.13. The molecular weight excluding hydrogens is 452 g/mol. The van der Waals surface area contributed by atoms with Crippen LogP contribution in [0.3, 0.4) is 0 Å². The molecule has 7 heterocycles. The summed E-state index contributed by atoms with van der Waals surface area (Å²) in [6.45, 7) is 2.76. The number of nitrogens with zero attached hydrogens (tertiary/aromatic N) is 4. The number of fused-ring (bicyclic) bond motifs is 9. The molecule has 4 unspecified atom stereocenters. The van der Waals surface area contributed by atoms with E-state index in [0.717, 1.165) is 48.1 Å². The summed E-state index contributed by atoms with van der Waals surface area (Å²) in [6.07, 6.45) is 23.7. The van der Waals surface area contributed by atoms with Crippen molar-refractivity contribution in [3.05, 3.63) is 0 Å². The maximum Gasteiger partial charge on any atom is 0.00963 e. The summed E-state index contributed by atoms with van der Waals surface area (Å²) in [5.41, 5.74) is 0. The van der Waals surface area contributed by atoms with Crippen LogP contribution in [0.25, 0.3) is 0 Å². The normalized spacial score (nSPS) is 41.2. The lowest BCUT2D eigenvalue weighted by Gasteiger charge is -2.43. The van der Waals surface area contributed by atoms with Crippen molar-refractivity contribution >= 4 is 0 Å². The topological polar surface area (TPSA) is 13.0 Å². The quantitative estimate of drug-likeness (QED) is 0.330. The van der Waals surface area contributed by atoms with Crippen LogP contribution in [0.1, 0.15) is 125 Å². The maximum absolute atomic E-state index is 2.59. The molecule has 9 fully saturated rings. The first-order valence-corrected chi connectivity index (χ1v) is 15.3. The van der Waals surface area contributed by atoms with Gasteiger partial charge in [-0.15, -0.1) is 0 Å². The molecule has 4 heteroatoms. The monoisotopic (exact) mass is 521 g/mol. The van der Waals surface area contributed by atoms with Crippen molar-refractivity contribution in [2.75, 3.05) is 41.3 Å². The van der Waals surface area contributed by atoms with Gasteiger partial charge in [-0.3, -0.25) is 0 Å². The lowest BCUT2D eigenvalue weighted by Crippen LogP contribution is -2.45. The summed E-state index contributed by atoms with van der Waals surface area (Å²) < 4.78 is 0. The average Bonchev–Trinajstić information content (AvgIpc) is 3.66. The first-order chi connectivity index (χ1) is 16.5. The van der Waals surface area contributed by atoms with Crippen molar-refractivity contribution in [1.29, 1.82) is 0 Å². The third-order valence-electron chi connectivity index (χ3n) is 11.5. The molecule has 4 nitrogen and oxygen atoms in total. The Morgan fingerprint density at radius 3 is 0.946 bits per heavy atom. The molecule has 9 rings (SSSR count). The molecule has 7 saturated heterocycles. The molecule has 37 heavy (non-hydrogen) atoms. The largest absolute Gasteiger partial charge is 0.303 e. The minimum absolute atomic E-state index is 0. The molecule has 0 radical (unpaired) electrons. The number of rotatable bonds is 0. The van der Waals surface area contributed by atoms with E-state index < -0.39 is 0 Å². The molecule has 9 aliphatic rings. The van der Waals surface area contributed by atoms with E-state index in [1.807, 2.05) is 0 Å². The Morgan fingerprint density at radius 2 is 0.730 bits per heavy atom. The third kappa shape index (κ3) is 7.95. The Bertz CT molecular complexity index is 591. The fourth-order valence-electron chi connectivity index (χ4n) is 9.04. The molecule has 0 spiro atoms. The highest BCUT2D eigenvalue weighted by Gasteiger charge is 2.36. The van der Waals surface area contributed by atoms with E-state index in [0.29, 0.717) is 0 Å². The number of likely N-dealkylation sites (tertiary alicyclic amines) is 1. The number of piperidine rings is 4. The second kappa shape index (κ2) is 15.0. The molecule has 0 aromatic rings. The van der Waals surface area contributed by atoms with Crippen molar-refractivity contribution in [3.63, 3.8) is 0 Å². The van der Waals surface area contributed by atoms with Gasteiger partial charge in [-0.05, 0) is 136 Å². The summed E-state index contributed by atoms with van der Waals surface area (Å²) in [6, 6.07) is 5.79. The smallest absolute Gasteiger partial charge is 0.00963 e. The first kappa shape index (κ1) is 33.0. The molecule has 2 saturated carbocycles. The van der Waals surface area contributed by atoms with Crippen molar-refractivity contribution in [2.45, 2.75) is 161 Å². The van der Waals surface area contributed by atoms with Crippen LogP contribution in [0.2, 0.25) is 0 Å². The Hall–Kier alpha value is -0.160. The highest BCUT2D eigenvalue weighted by molar-refractivity contribution is 4.93. The fourth-order valence-corrected chi connectivity index (χ4v) is 9.04. The van der Waals surface area contributed by atoms with Gasteiger partial charge in [0.05, 0.1) is 0 Å². The molecule has 0 amide bonds. The lowest BCUT2D eigenvalue weighted by molar-refractivity contribution is 0.0727. The SMILES string of the molecule is C.C.C.CN1C2CCC1CC2.CN1C2CCCC1CC2.CN1CC2CCC1C2.CN1CC2CCC1CC2. The van der Waals surface area contributed by atoms with Crippen LogP contribution in [0.5, 0.6) is 0 Å².